The number of nitrogens with two attached hydrogens (primary N) is 2. The van der Waals surface area contributed by atoms with E-state index in [1.165, 1.54) is 24.4 Å². The number of carbonyl (C=O) groups excluding carboxylic acids is 2. The molecule has 6 N–H and O–H groups in total. The lowest BCUT2D eigenvalue weighted by Crippen LogP contribution is -2.29. The SMILES string of the molecule is CCC(CCN)Cc1cc(C(C)(C)N)ccc1C(=O)Nc1ccc(F)cc1C(=O)Nc1ccc(Cl)cn1. The first-order chi connectivity index (χ1) is 17.5. The predicted molar refractivity (Wildman–Crippen MR) is 146 cm³/mol. The Morgan fingerprint density at radius 1 is 1.05 bits per heavy atom. The standard InChI is InChI=1S/C28H33ClFN5O2/c1-4-17(11-12-31)13-18-14-19(28(2,3)32)5-8-22(18)26(36)34-24-9-7-21(30)15-23(24)27(37)35-25-10-6-20(29)16-33-25/h5-10,14-17H,4,11-13,31-32H2,1-3H3,(H,34,36)(H,33,35,37). The first-order valence-electron chi connectivity index (χ1n) is 12.2. The van der Waals surface area contributed by atoms with Crippen LogP contribution in [0.5, 0.6) is 0 Å². The number of anilines is 2. The number of nitrogens with one attached hydrogen (secondary N) is 2. The zero-order valence-electron chi connectivity index (χ0n) is 21.3. The van der Waals surface area contributed by atoms with Crippen LogP contribution < -0.4 is 22.1 Å². The maximum Gasteiger partial charge on any atom is 0.259 e. The van der Waals surface area contributed by atoms with Crippen LogP contribution in [-0.2, 0) is 12.0 Å². The van der Waals surface area contributed by atoms with Gasteiger partial charge in [0.2, 0.25) is 0 Å². The molecular weight excluding hydrogens is 493 g/mol. The number of pyridine rings is 1. The maximum absolute atomic E-state index is 14.1. The normalized spacial score (nSPS) is 12.2. The fourth-order valence-corrected chi connectivity index (χ4v) is 4.13. The average Bonchev–Trinajstić information content (AvgIpc) is 2.85. The van der Waals surface area contributed by atoms with Crippen LogP contribution in [0.15, 0.2) is 54.7 Å². The van der Waals surface area contributed by atoms with Gasteiger partial charge in [-0.15, -0.1) is 0 Å². The first kappa shape index (κ1) is 28.2. The molecule has 37 heavy (non-hydrogen) atoms. The third-order valence-corrected chi connectivity index (χ3v) is 6.42. The Balaban J connectivity index is 1.93. The molecule has 196 valence electrons. The van der Waals surface area contributed by atoms with E-state index < -0.39 is 23.2 Å². The first-order valence-corrected chi connectivity index (χ1v) is 12.6. The third-order valence-electron chi connectivity index (χ3n) is 6.20. The summed E-state index contributed by atoms with van der Waals surface area (Å²) in [5, 5.41) is 5.80. The number of aromatic nitrogens is 1. The molecule has 1 atom stereocenters. The summed E-state index contributed by atoms with van der Waals surface area (Å²) in [7, 11) is 0. The van der Waals surface area contributed by atoms with Crippen LogP contribution in [0.3, 0.4) is 0 Å². The molecule has 9 heteroatoms. The highest BCUT2D eigenvalue weighted by molar-refractivity contribution is 6.30. The highest BCUT2D eigenvalue weighted by atomic mass is 35.5. The molecule has 0 spiro atoms. The van der Waals surface area contributed by atoms with Crippen molar-refractivity contribution in [3.8, 4) is 0 Å². The summed E-state index contributed by atoms with van der Waals surface area (Å²) in [6, 6.07) is 12.2. The molecule has 0 saturated carbocycles. The summed E-state index contributed by atoms with van der Waals surface area (Å²) >= 11 is 5.85. The highest BCUT2D eigenvalue weighted by Gasteiger charge is 2.22. The van der Waals surface area contributed by atoms with Gasteiger partial charge >= 0.3 is 0 Å². The van der Waals surface area contributed by atoms with Crippen molar-refractivity contribution < 1.29 is 14.0 Å². The minimum absolute atomic E-state index is 0.0408. The minimum atomic E-state index is -0.626. The molecule has 0 aliphatic carbocycles. The summed E-state index contributed by atoms with van der Waals surface area (Å²) in [4.78, 5) is 30.4. The Morgan fingerprint density at radius 2 is 1.78 bits per heavy atom. The van der Waals surface area contributed by atoms with Crippen molar-refractivity contribution >= 4 is 34.9 Å². The van der Waals surface area contributed by atoms with E-state index in [4.69, 9.17) is 23.1 Å². The van der Waals surface area contributed by atoms with Crippen molar-refractivity contribution in [2.24, 2.45) is 17.4 Å². The number of amides is 2. The molecule has 0 aliphatic heterocycles. The van der Waals surface area contributed by atoms with E-state index in [1.807, 2.05) is 26.0 Å². The lowest BCUT2D eigenvalue weighted by Gasteiger charge is -2.23. The monoisotopic (exact) mass is 525 g/mol. The summed E-state index contributed by atoms with van der Waals surface area (Å²) in [5.41, 5.74) is 13.9. The summed E-state index contributed by atoms with van der Waals surface area (Å²) in [5.74, 6) is -1.12. The zero-order chi connectivity index (χ0) is 27.2. The van der Waals surface area contributed by atoms with Gasteiger partial charge in [-0.05, 0) is 86.7 Å². The Bertz CT molecular complexity index is 1260. The molecule has 7 nitrogen and oxygen atoms in total. The quantitative estimate of drug-likeness (QED) is 0.279. The van der Waals surface area contributed by atoms with E-state index in [1.54, 1.807) is 12.1 Å². The number of carbonyl (C=O) groups is 2. The van der Waals surface area contributed by atoms with Gasteiger partial charge < -0.3 is 22.1 Å². The lowest BCUT2D eigenvalue weighted by atomic mass is 9.86. The second kappa shape index (κ2) is 12.3. The molecule has 0 bridgehead atoms. The molecule has 0 radical (unpaired) electrons. The van der Waals surface area contributed by atoms with E-state index in [0.29, 0.717) is 29.5 Å². The number of hydrogen-bond acceptors (Lipinski definition) is 5. The van der Waals surface area contributed by atoms with Gasteiger partial charge in [0.15, 0.2) is 0 Å². The Kier molecular flexibility index (Phi) is 9.37. The lowest BCUT2D eigenvalue weighted by molar-refractivity contribution is 0.102. The van der Waals surface area contributed by atoms with Crippen molar-refractivity contribution in [3.05, 3.63) is 87.8 Å². The second-order valence-corrected chi connectivity index (χ2v) is 10.0. The van der Waals surface area contributed by atoms with Crippen LogP contribution in [0.25, 0.3) is 0 Å². The molecule has 2 amide bonds. The molecule has 1 heterocycles. The molecule has 1 aromatic heterocycles. The number of rotatable bonds is 10. The van der Waals surface area contributed by atoms with Gasteiger partial charge in [-0.1, -0.05) is 37.1 Å². The molecule has 2 aromatic carbocycles. The summed E-state index contributed by atoms with van der Waals surface area (Å²) < 4.78 is 14.1. The van der Waals surface area contributed by atoms with Crippen LogP contribution in [0.1, 0.15) is 65.5 Å². The van der Waals surface area contributed by atoms with Crippen LogP contribution >= 0.6 is 11.6 Å². The van der Waals surface area contributed by atoms with Gasteiger partial charge in [0.05, 0.1) is 16.3 Å². The Morgan fingerprint density at radius 3 is 2.41 bits per heavy atom. The fraction of sp³-hybridized carbons (Fsp3) is 0.321. The van der Waals surface area contributed by atoms with Crippen molar-refractivity contribution in [2.45, 2.75) is 45.6 Å². The average molecular weight is 526 g/mol. The smallest absolute Gasteiger partial charge is 0.259 e. The second-order valence-electron chi connectivity index (χ2n) is 9.61. The van der Waals surface area contributed by atoms with E-state index in [2.05, 4.69) is 22.5 Å². The molecule has 3 aromatic rings. The Hall–Kier alpha value is -3.33. The topological polar surface area (TPSA) is 123 Å². The summed E-state index contributed by atoms with van der Waals surface area (Å²) in [6.45, 7) is 6.46. The number of hydrogen-bond donors (Lipinski definition) is 4. The van der Waals surface area contributed by atoms with Gasteiger partial charge in [0.1, 0.15) is 11.6 Å². The van der Waals surface area contributed by atoms with E-state index in [-0.39, 0.29) is 17.1 Å². The number of benzene rings is 2. The van der Waals surface area contributed by atoms with Crippen molar-refractivity contribution in [1.82, 2.24) is 4.98 Å². The van der Waals surface area contributed by atoms with Crippen molar-refractivity contribution in [3.63, 3.8) is 0 Å². The van der Waals surface area contributed by atoms with Gasteiger partial charge in [0, 0.05) is 17.3 Å². The minimum Gasteiger partial charge on any atom is -0.330 e. The maximum atomic E-state index is 14.1. The molecule has 0 aliphatic rings. The molecule has 3 rings (SSSR count). The highest BCUT2D eigenvalue weighted by Crippen LogP contribution is 2.26. The Labute approximate surface area is 221 Å². The van der Waals surface area contributed by atoms with Crippen molar-refractivity contribution in [2.75, 3.05) is 17.2 Å². The van der Waals surface area contributed by atoms with E-state index >= 15 is 0 Å². The van der Waals surface area contributed by atoms with Gasteiger partial charge in [-0.25, -0.2) is 9.37 Å². The largest absolute Gasteiger partial charge is 0.330 e. The summed E-state index contributed by atoms with van der Waals surface area (Å²) in [6.07, 6.45) is 3.77. The predicted octanol–water partition coefficient (Wildman–Crippen LogP) is 5.49. The van der Waals surface area contributed by atoms with Crippen LogP contribution in [-0.4, -0.2) is 23.3 Å². The van der Waals surface area contributed by atoms with E-state index in [0.717, 1.165) is 30.0 Å². The third kappa shape index (κ3) is 7.58. The molecule has 1 unspecified atom stereocenters. The van der Waals surface area contributed by atoms with E-state index in [9.17, 15) is 14.0 Å². The van der Waals surface area contributed by atoms with Gasteiger partial charge in [-0.3, -0.25) is 9.59 Å². The molecule has 0 fully saturated rings. The van der Waals surface area contributed by atoms with Crippen LogP contribution in [0, 0.1) is 11.7 Å². The van der Waals surface area contributed by atoms with Crippen molar-refractivity contribution in [1.29, 1.82) is 0 Å². The number of halogens is 2. The molecular formula is C28H33ClFN5O2. The van der Waals surface area contributed by atoms with Gasteiger partial charge in [0.25, 0.3) is 11.8 Å². The zero-order valence-corrected chi connectivity index (χ0v) is 22.0. The molecule has 0 saturated heterocycles. The van der Waals surface area contributed by atoms with Crippen LogP contribution in [0.2, 0.25) is 5.02 Å². The fourth-order valence-electron chi connectivity index (χ4n) is 4.02. The van der Waals surface area contributed by atoms with Crippen LogP contribution in [0.4, 0.5) is 15.9 Å². The number of nitrogens with zero attached hydrogens (tertiary/aromatic N) is 1. The van der Waals surface area contributed by atoms with Gasteiger partial charge in [-0.2, -0.15) is 0 Å².